The van der Waals surface area contributed by atoms with Crippen molar-refractivity contribution in [3.8, 4) is 0 Å². The highest BCUT2D eigenvalue weighted by Gasteiger charge is 2.43. The number of para-hydroxylation sites is 1. The first-order chi connectivity index (χ1) is 9.04. The quantitative estimate of drug-likeness (QED) is 0.469. The summed E-state index contributed by atoms with van der Waals surface area (Å²) in [4.78, 5) is 22.1. The van der Waals surface area contributed by atoms with Gasteiger partial charge in [0, 0.05) is 6.07 Å². The van der Waals surface area contributed by atoms with Gasteiger partial charge in [0.2, 0.25) is 0 Å². The van der Waals surface area contributed by atoms with Crippen LogP contribution < -0.4 is 0 Å². The first kappa shape index (κ1) is 13.4. The third-order valence-corrected chi connectivity index (χ3v) is 2.82. The Kier molecular flexibility index (Phi) is 3.77. The van der Waals surface area contributed by atoms with E-state index in [2.05, 4.69) is 4.74 Å². The average Bonchev–Trinajstić information content (AvgIpc) is 2.79. The molecule has 102 valence electrons. The standard InChI is InChI=1S/C12H13NO6/c1-7-18-10(11(19-7)12(14)17-2)8-5-3-4-6-9(8)13(15)16/h3-7,10-11H,1-2H3/t7-,10-,11-/m1/s1. The van der Waals surface area contributed by atoms with Gasteiger partial charge in [-0.1, -0.05) is 12.1 Å². The third-order valence-electron chi connectivity index (χ3n) is 2.82. The molecule has 1 aromatic rings. The van der Waals surface area contributed by atoms with Crippen LogP contribution in [0.25, 0.3) is 0 Å². The summed E-state index contributed by atoms with van der Waals surface area (Å²) in [5.41, 5.74) is 0.186. The lowest BCUT2D eigenvalue weighted by atomic mass is 10.0. The Labute approximate surface area is 109 Å². The van der Waals surface area contributed by atoms with E-state index in [1.54, 1.807) is 25.1 Å². The molecule has 1 fully saturated rings. The summed E-state index contributed by atoms with van der Waals surface area (Å²) in [6, 6.07) is 6.09. The lowest BCUT2D eigenvalue weighted by Gasteiger charge is -2.14. The Morgan fingerprint density at radius 3 is 2.68 bits per heavy atom. The molecule has 1 heterocycles. The highest BCUT2D eigenvalue weighted by molar-refractivity contribution is 5.76. The summed E-state index contributed by atoms with van der Waals surface area (Å²) in [5.74, 6) is -0.618. The molecule has 0 saturated carbocycles. The van der Waals surface area contributed by atoms with Crippen molar-refractivity contribution in [2.75, 3.05) is 7.11 Å². The van der Waals surface area contributed by atoms with Crippen LogP contribution in [-0.2, 0) is 19.0 Å². The fourth-order valence-electron chi connectivity index (χ4n) is 2.01. The zero-order valence-corrected chi connectivity index (χ0v) is 10.4. The summed E-state index contributed by atoms with van der Waals surface area (Å²) in [6.07, 6.45) is -2.47. The molecule has 0 amide bonds. The van der Waals surface area contributed by atoms with Gasteiger partial charge in [-0.05, 0) is 13.0 Å². The number of rotatable bonds is 3. The minimum atomic E-state index is -0.999. The Morgan fingerprint density at radius 1 is 1.37 bits per heavy atom. The van der Waals surface area contributed by atoms with Crippen molar-refractivity contribution in [1.82, 2.24) is 0 Å². The number of esters is 1. The molecule has 19 heavy (non-hydrogen) atoms. The molecule has 7 heteroatoms. The van der Waals surface area contributed by atoms with E-state index in [0.717, 1.165) is 0 Å². The van der Waals surface area contributed by atoms with Gasteiger partial charge in [0.05, 0.1) is 17.6 Å². The summed E-state index contributed by atoms with van der Waals surface area (Å²) in [5, 5.41) is 11.0. The van der Waals surface area contributed by atoms with Gasteiger partial charge in [-0.2, -0.15) is 0 Å². The number of nitro benzene ring substituents is 1. The molecule has 0 aliphatic carbocycles. The minimum absolute atomic E-state index is 0.112. The van der Waals surface area contributed by atoms with Crippen LogP contribution in [0.15, 0.2) is 24.3 Å². The molecule has 0 bridgehead atoms. The molecule has 1 aliphatic heterocycles. The van der Waals surface area contributed by atoms with E-state index in [1.165, 1.54) is 13.2 Å². The van der Waals surface area contributed by atoms with Crippen molar-refractivity contribution in [2.45, 2.75) is 25.4 Å². The molecular weight excluding hydrogens is 254 g/mol. The number of carbonyl (C=O) groups is 1. The molecule has 1 aliphatic rings. The average molecular weight is 267 g/mol. The van der Waals surface area contributed by atoms with E-state index in [0.29, 0.717) is 5.56 Å². The number of methoxy groups -OCH3 is 1. The maximum atomic E-state index is 11.6. The topological polar surface area (TPSA) is 87.9 Å². The molecule has 0 radical (unpaired) electrons. The normalized spacial score (nSPS) is 26.1. The Morgan fingerprint density at radius 2 is 2.05 bits per heavy atom. The molecule has 2 rings (SSSR count). The first-order valence-corrected chi connectivity index (χ1v) is 5.66. The van der Waals surface area contributed by atoms with Gasteiger partial charge in [-0.3, -0.25) is 10.1 Å². The molecule has 0 spiro atoms. The predicted octanol–water partition coefficient (Wildman–Crippen LogP) is 1.57. The maximum Gasteiger partial charge on any atom is 0.338 e. The van der Waals surface area contributed by atoms with Crippen LogP contribution in [0.4, 0.5) is 5.69 Å². The van der Waals surface area contributed by atoms with E-state index in [-0.39, 0.29) is 5.69 Å². The van der Waals surface area contributed by atoms with Gasteiger partial charge in [-0.25, -0.2) is 4.79 Å². The number of nitrogens with zero attached hydrogens (tertiary/aromatic N) is 1. The number of hydrogen-bond donors (Lipinski definition) is 0. The number of hydrogen-bond acceptors (Lipinski definition) is 6. The Bertz CT molecular complexity index is 503. The SMILES string of the molecule is COC(=O)[C@@H]1O[C@H](C)O[C@@H]1c1ccccc1[N+](=O)[O-]. The van der Waals surface area contributed by atoms with Crippen molar-refractivity contribution in [1.29, 1.82) is 0 Å². The van der Waals surface area contributed by atoms with Crippen molar-refractivity contribution in [3.63, 3.8) is 0 Å². The molecular formula is C12H13NO6. The van der Waals surface area contributed by atoms with E-state index < -0.39 is 29.4 Å². The van der Waals surface area contributed by atoms with Crippen molar-refractivity contribution >= 4 is 11.7 Å². The van der Waals surface area contributed by atoms with Crippen molar-refractivity contribution < 1.29 is 23.9 Å². The van der Waals surface area contributed by atoms with Crippen LogP contribution in [0.5, 0.6) is 0 Å². The molecule has 1 saturated heterocycles. The second kappa shape index (κ2) is 5.33. The van der Waals surface area contributed by atoms with E-state index >= 15 is 0 Å². The molecule has 0 aromatic heterocycles. The van der Waals surface area contributed by atoms with Gasteiger partial charge in [0.15, 0.2) is 12.4 Å². The van der Waals surface area contributed by atoms with Gasteiger partial charge in [-0.15, -0.1) is 0 Å². The minimum Gasteiger partial charge on any atom is -0.467 e. The van der Waals surface area contributed by atoms with Crippen LogP contribution >= 0.6 is 0 Å². The first-order valence-electron chi connectivity index (χ1n) is 5.66. The van der Waals surface area contributed by atoms with Gasteiger partial charge >= 0.3 is 5.97 Å². The molecule has 3 atom stereocenters. The third kappa shape index (κ3) is 2.56. The Hall–Kier alpha value is -1.99. The Balaban J connectivity index is 2.39. The highest BCUT2D eigenvalue weighted by atomic mass is 16.7. The van der Waals surface area contributed by atoms with Gasteiger partial charge in [0.25, 0.3) is 5.69 Å². The van der Waals surface area contributed by atoms with Crippen LogP contribution in [-0.4, -0.2) is 30.4 Å². The monoisotopic (exact) mass is 267 g/mol. The number of ether oxygens (including phenoxy) is 3. The van der Waals surface area contributed by atoms with Crippen molar-refractivity contribution in [2.24, 2.45) is 0 Å². The highest BCUT2D eigenvalue weighted by Crippen LogP contribution is 2.37. The van der Waals surface area contributed by atoms with Gasteiger partial charge in [0.1, 0.15) is 6.10 Å². The molecule has 1 aromatic carbocycles. The van der Waals surface area contributed by atoms with Crippen LogP contribution in [0.2, 0.25) is 0 Å². The fourth-order valence-corrected chi connectivity index (χ4v) is 2.01. The second-order valence-corrected chi connectivity index (χ2v) is 4.02. The van der Waals surface area contributed by atoms with Gasteiger partial charge < -0.3 is 14.2 Å². The number of carbonyl (C=O) groups excluding carboxylic acids is 1. The van der Waals surface area contributed by atoms with Crippen molar-refractivity contribution in [3.05, 3.63) is 39.9 Å². The molecule has 0 N–H and O–H groups in total. The van der Waals surface area contributed by atoms with Crippen LogP contribution in [0.1, 0.15) is 18.6 Å². The fraction of sp³-hybridized carbons (Fsp3) is 0.417. The zero-order chi connectivity index (χ0) is 14.0. The van der Waals surface area contributed by atoms with Crippen LogP contribution in [0, 0.1) is 10.1 Å². The van der Waals surface area contributed by atoms with Crippen LogP contribution in [0.3, 0.4) is 0 Å². The molecule has 0 unspecified atom stereocenters. The largest absolute Gasteiger partial charge is 0.467 e. The molecule has 7 nitrogen and oxygen atoms in total. The predicted molar refractivity (Wildman–Crippen MR) is 63.3 cm³/mol. The summed E-state index contributed by atoms with van der Waals surface area (Å²) in [6.45, 7) is 1.62. The van der Waals surface area contributed by atoms with E-state index in [9.17, 15) is 14.9 Å². The van der Waals surface area contributed by atoms with E-state index in [1.807, 2.05) is 0 Å². The zero-order valence-electron chi connectivity index (χ0n) is 10.4. The van der Waals surface area contributed by atoms with E-state index in [4.69, 9.17) is 9.47 Å². The number of benzene rings is 1. The summed E-state index contributed by atoms with van der Waals surface area (Å²) in [7, 11) is 1.23. The smallest absolute Gasteiger partial charge is 0.338 e. The maximum absolute atomic E-state index is 11.6. The second-order valence-electron chi connectivity index (χ2n) is 4.02. The summed E-state index contributed by atoms with van der Waals surface area (Å²) < 4.78 is 15.4. The lowest BCUT2D eigenvalue weighted by molar-refractivity contribution is -0.386. The summed E-state index contributed by atoms with van der Waals surface area (Å²) >= 11 is 0. The lowest BCUT2D eigenvalue weighted by Crippen LogP contribution is -2.27. The number of nitro groups is 1.